The Morgan fingerprint density at radius 1 is 1.32 bits per heavy atom. The summed E-state index contributed by atoms with van der Waals surface area (Å²) >= 11 is 1.31. The number of halogens is 1. The summed E-state index contributed by atoms with van der Waals surface area (Å²) in [7, 11) is 3.34. The van der Waals surface area contributed by atoms with Gasteiger partial charge in [0.2, 0.25) is 0 Å². The normalized spacial score (nSPS) is 22.4. The van der Waals surface area contributed by atoms with Crippen molar-refractivity contribution >= 4 is 34.6 Å². The molecule has 0 unspecified atom stereocenters. The molecule has 0 bridgehead atoms. The van der Waals surface area contributed by atoms with Crippen LogP contribution < -0.4 is 4.90 Å². The topological polar surface area (TPSA) is 35.9 Å². The van der Waals surface area contributed by atoms with Crippen molar-refractivity contribution in [3.8, 4) is 0 Å². The summed E-state index contributed by atoms with van der Waals surface area (Å²) < 4.78 is 14.3. The molecule has 1 amide bonds. The molecule has 4 nitrogen and oxygen atoms in total. The summed E-state index contributed by atoms with van der Waals surface area (Å²) in [5.74, 6) is -0.334. The van der Waals surface area contributed by atoms with E-state index in [1.54, 1.807) is 26.2 Å². The van der Waals surface area contributed by atoms with Crippen LogP contribution in [0.5, 0.6) is 0 Å². The van der Waals surface area contributed by atoms with Crippen molar-refractivity contribution < 1.29 is 9.18 Å². The number of nitrogens with zero attached hydrogens (tertiary/aromatic N) is 3. The van der Waals surface area contributed by atoms with E-state index in [1.165, 1.54) is 22.7 Å². The van der Waals surface area contributed by atoms with E-state index in [1.807, 2.05) is 6.07 Å². The van der Waals surface area contributed by atoms with E-state index in [-0.39, 0.29) is 11.7 Å². The van der Waals surface area contributed by atoms with Gasteiger partial charge in [-0.25, -0.2) is 4.39 Å². The zero-order chi connectivity index (χ0) is 15.7. The predicted octanol–water partition coefficient (Wildman–Crippen LogP) is 2.96. The van der Waals surface area contributed by atoms with Gasteiger partial charge in [-0.1, -0.05) is 6.07 Å². The summed E-state index contributed by atoms with van der Waals surface area (Å²) in [4.78, 5) is 20.3. The van der Waals surface area contributed by atoms with Crippen molar-refractivity contribution in [2.75, 3.05) is 32.1 Å². The number of likely N-dealkylation sites (N-methyl/N-ethyl adjacent to an activating group) is 1. The van der Waals surface area contributed by atoms with Crippen LogP contribution in [-0.4, -0.2) is 43.2 Å². The van der Waals surface area contributed by atoms with Crippen molar-refractivity contribution in [2.45, 2.75) is 12.8 Å². The minimum absolute atomic E-state index is 0.102. The second-order valence-corrected chi connectivity index (χ2v) is 6.40. The first-order chi connectivity index (χ1) is 10.6. The lowest BCUT2D eigenvalue weighted by molar-refractivity contribution is -0.121. The highest BCUT2D eigenvalue weighted by Crippen LogP contribution is 2.32. The first-order valence-electron chi connectivity index (χ1n) is 7.29. The maximum absolute atomic E-state index is 14.3. The number of carbonyl (C=O) groups is 1. The van der Waals surface area contributed by atoms with Gasteiger partial charge < -0.3 is 4.90 Å². The first-order valence-corrected chi connectivity index (χ1v) is 8.10. The third kappa shape index (κ3) is 2.75. The fourth-order valence-corrected chi connectivity index (χ4v) is 3.66. The number of carbonyl (C=O) groups excluding carboxylic acids is 1. The molecule has 2 aliphatic rings. The Morgan fingerprint density at radius 2 is 2.05 bits per heavy atom. The molecule has 3 rings (SSSR count). The van der Waals surface area contributed by atoms with Crippen molar-refractivity contribution in [3.05, 3.63) is 34.5 Å². The largest absolute Gasteiger partial charge is 0.369 e. The number of hydrogen-bond acceptors (Lipinski definition) is 4. The zero-order valence-electron chi connectivity index (χ0n) is 12.7. The molecular weight excluding hydrogens is 301 g/mol. The molecule has 22 heavy (non-hydrogen) atoms. The SMILES string of the molecule is CN=C1S/C(=C\c2ccc(N3CCCC3)c(F)c2)C(=O)N1C. The van der Waals surface area contributed by atoms with Gasteiger partial charge in [-0.2, -0.15) is 0 Å². The molecule has 2 fully saturated rings. The van der Waals surface area contributed by atoms with E-state index in [9.17, 15) is 9.18 Å². The molecule has 0 aliphatic carbocycles. The second kappa shape index (κ2) is 6.12. The maximum atomic E-state index is 14.3. The Kier molecular flexibility index (Phi) is 4.20. The van der Waals surface area contributed by atoms with Gasteiger partial charge in [0, 0.05) is 27.2 Å². The van der Waals surface area contributed by atoms with Gasteiger partial charge >= 0.3 is 0 Å². The molecule has 1 aromatic rings. The summed E-state index contributed by atoms with van der Waals surface area (Å²) in [5.41, 5.74) is 1.35. The van der Waals surface area contributed by atoms with Crippen LogP contribution in [0.1, 0.15) is 18.4 Å². The van der Waals surface area contributed by atoms with Gasteiger partial charge in [0.15, 0.2) is 5.17 Å². The Hall–Kier alpha value is -1.82. The van der Waals surface area contributed by atoms with Crippen LogP contribution in [0.25, 0.3) is 6.08 Å². The average molecular weight is 319 g/mol. The van der Waals surface area contributed by atoms with Gasteiger partial charge in [-0.3, -0.25) is 14.7 Å². The van der Waals surface area contributed by atoms with Crippen LogP contribution in [0.15, 0.2) is 28.1 Å². The first kappa shape index (κ1) is 15.1. The zero-order valence-corrected chi connectivity index (χ0v) is 13.5. The predicted molar refractivity (Wildman–Crippen MR) is 89.5 cm³/mol. The van der Waals surface area contributed by atoms with Gasteiger partial charge in [0.1, 0.15) is 5.82 Å². The molecule has 6 heteroatoms. The van der Waals surface area contributed by atoms with Crippen LogP contribution >= 0.6 is 11.8 Å². The van der Waals surface area contributed by atoms with E-state index in [0.717, 1.165) is 25.9 Å². The minimum Gasteiger partial charge on any atom is -0.369 e. The second-order valence-electron chi connectivity index (χ2n) is 5.39. The van der Waals surface area contributed by atoms with Crippen LogP contribution in [0.4, 0.5) is 10.1 Å². The number of hydrogen-bond donors (Lipinski definition) is 0. The van der Waals surface area contributed by atoms with Gasteiger partial charge in [0.25, 0.3) is 5.91 Å². The Labute approximate surface area is 133 Å². The third-order valence-corrected chi connectivity index (χ3v) is 5.06. The molecule has 1 aromatic carbocycles. The van der Waals surface area contributed by atoms with Gasteiger partial charge in [-0.15, -0.1) is 0 Å². The molecule has 2 aliphatic heterocycles. The summed E-state index contributed by atoms with van der Waals surface area (Å²) in [5, 5.41) is 0.658. The van der Waals surface area contributed by atoms with Crippen LogP contribution in [0, 0.1) is 5.82 Å². The van der Waals surface area contributed by atoms with Crippen LogP contribution in [0.2, 0.25) is 0 Å². The van der Waals surface area contributed by atoms with E-state index < -0.39 is 0 Å². The number of thioether (sulfide) groups is 1. The lowest BCUT2D eigenvalue weighted by atomic mass is 10.1. The monoisotopic (exact) mass is 319 g/mol. The van der Waals surface area contributed by atoms with E-state index >= 15 is 0 Å². The fourth-order valence-electron chi connectivity index (χ4n) is 2.73. The summed E-state index contributed by atoms with van der Waals surface area (Å²) in [6.45, 7) is 1.82. The third-order valence-electron chi connectivity index (χ3n) is 3.91. The van der Waals surface area contributed by atoms with Crippen molar-refractivity contribution in [1.29, 1.82) is 0 Å². The fraction of sp³-hybridized carbons (Fsp3) is 0.375. The van der Waals surface area contributed by atoms with Crippen LogP contribution in [0.3, 0.4) is 0 Å². The van der Waals surface area contributed by atoms with Crippen LogP contribution in [-0.2, 0) is 4.79 Å². The molecule has 116 valence electrons. The van der Waals surface area contributed by atoms with E-state index in [2.05, 4.69) is 9.89 Å². The lowest BCUT2D eigenvalue weighted by Crippen LogP contribution is -2.23. The highest BCUT2D eigenvalue weighted by molar-refractivity contribution is 8.18. The minimum atomic E-state index is -0.232. The molecular formula is C16H18FN3OS. The van der Waals surface area contributed by atoms with Gasteiger partial charge in [0.05, 0.1) is 10.6 Å². The molecule has 0 N–H and O–H groups in total. The smallest absolute Gasteiger partial charge is 0.266 e. The number of anilines is 1. The lowest BCUT2D eigenvalue weighted by Gasteiger charge is -2.18. The molecule has 0 aromatic heterocycles. The van der Waals surface area contributed by atoms with Crippen molar-refractivity contribution in [3.63, 3.8) is 0 Å². The number of amidine groups is 1. The average Bonchev–Trinajstić information content (AvgIpc) is 3.12. The van der Waals surface area contributed by atoms with Crippen molar-refractivity contribution in [2.24, 2.45) is 4.99 Å². The Morgan fingerprint density at radius 3 is 2.64 bits per heavy atom. The summed E-state index contributed by atoms with van der Waals surface area (Å²) in [6, 6.07) is 5.16. The molecule has 2 saturated heterocycles. The van der Waals surface area contributed by atoms with Gasteiger partial charge in [-0.05, 0) is 48.4 Å². The maximum Gasteiger partial charge on any atom is 0.266 e. The molecule has 2 heterocycles. The summed E-state index contributed by atoms with van der Waals surface area (Å²) in [6.07, 6.45) is 3.95. The highest BCUT2D eigenvalue weighted by atomic mass is 32.2. The Balaban J connectivity index is 1.86. The molecule has 0 atom stereocenters. The number of amides is 1. The molecule has 0 spiro atoms. The quantitative estimate of drug-likeness (QED) is 0.786. The Bertz CT molecular complexity index is 665. The van der Waals surface area contributed by atoms with E-state index in [4.69, 9.17) is 0 Å². The van der Waals surface area contributed by atoms with E-state index in [0.29, 0.717) is 21.3 Å². The number of benzene rings is 1. The molecule has 0 radical (unpaired) electrons. The number of aliphatic imine (C=N–C) groups is 1. The van der Waals surface area contributed by atoms with Crippen molar-refractivity contribution in [1.82, 2.24) is 4.90 Å². The number of rotatable bonds is 2. The molecule has 0 saturated carbocycles. The standard InChI is InChI=1S/C16H18FN3OS/c1-18-16-19(2)15(21)14(22-16)10-11-5-6-13(12(17)9-11)20-7-3-4-8-20/h5-6,9-10H,3-4,7-8H2,1-2H3/b14-10-,18-16?. The highest BCUT2D eigenvalue weighted by Gasteiger charge is 2.29.